The van der Waals surface area contributed by atoms with E-state index in [9.17, 15) is 0 Å². The Hall–Kier alpha value is 0.204. The van der Waals surface area contributed by atoms with Crippen LogP contribution in [-0.4, -0.2) is 43.9 Å². The average Bonchev–Trinajstić information content (AvgIpc) is 2.27. The molecule has 0 aromatic rings. The SMILES string of the molecule is CCO[Si](C)(OCC)C1CCC1[Si](F)(OCC)OCC. The third-order valence-electron chi connectivity index (χ3n) is 3.93. The van der Waals surface area contributed by atoms with Gasteiger partial charge in [0.2, 0.25) is 0 Å². The van der Waals surface area contributed by atoms with Crippen LogP contribution in [0.25, 0.3) is 0 Å². The van der Waals surface area contributed by atoms with Gasteiger partial charge >= 0.3 is 17.5 Å². The van der Waals surface area contributed by atoms with Crippen LogP contribution < -0.4 is 0 Å². The molecule has 7 heteroatoms. The van der Waals surface area contributed by atoms with E-state index in [0.29, 0.717) is 26.4 Å². The highest BCUT2D eigenvalue weighted by Crippen LogP contribution is 2.56. The van der Waals surface area contributed by atoms with Crippen LogP contribution in [0.2, 0.25) is 17.6 Å². The Balaban J connectivity index is 2.85. The summed E-state index contributed by atoms with van der Waals surface area (Å²) in [5, 5.41) is 0. The molecule has 0 amide bonds. The lowest BCUT2D eigenvalue weighted by atomic mass is 9.98. The van der Waals surface area contributed by atoms with Gasteiger partial charge in [0.05, 0.1) is 0 Å². The van der Waals surface area contributed by atoms with Gasteiger partial charge in [-0.2, -0.15) is 0 Å². The molecule has 2 atom stereocenters. The molecule has 0 aromatic carbocycles. The smallest absolute Gasteiger partial charge is 0.394 e. The average molecular weight is 325 g/mol. The van der Waals surface area contributed by atoms with E-state index < -0.39 is 17.5 Å². The maximum absolute atomic E-state index is 15.1. The topological polar surface area (TPSA) is 36.9 Å². The van der Waals surface area contributed by atoms with Crippen LogP contribution in [0.1, 0.15) is 40.5 Å². The molecule has 0 aliphatic heterocycles. The van der Waals surface area contributed by atoms with Crippen LogP contribution in [0.3, 0.4) is 0 Å². The summed E-state index contributed by atoms with van der Waals surface area (Å²) < 4.78 is 37.8. The molecular weight excluding hydrogens is 295 g/mol. The van der Waals surface area contributed by atoms with Crippen LogP contribution in [-0.2, 0) is 17.7 Å². The van der Waals surface area contributed by atoms with E-state index in [1.54, 1.807) is 0 Å². The van der Waals surface area contributed by atoms with Crippen molar-refractivity contribution in [2.24, 2.45) is 0 Å². The molecule has 1 rings (SSSR count). The summed E-state index contributed by atoms with van der Waals surface area (Å²) in [4.78, 5) is 0. The van der Waals surface area contributed by atoms with Crippen molar-refractivity contribution in [1.29, 1.82) is 0 Å². The van der Waals surface area contributed by atoms with Gasteiger partial charge in [-0.15, -0.1) is 0 Å². The molecule has 1 saturated carbocycles. The summed E-state index contributed by atoms with van der Waals surface area (Å²) in [6.45, 7) is 11.5. The van der Waals surface area contributed by atoms with Gasteiger partial charge < -0.3 is 17.7 Å². The maximum atomic E-state index is 15.1. The minimum atomic E-state index is -3.62. The monoisotopic (exact) mass is 324 g/mol. The number of halogens is 1. The zero-order chi connectivity index (χ0) is 15.2. The molecule has 0 heterocycles. The van der Waals surface area contributed by atoms with Crippen LogP contribution in [0.5, 0.6) is 0 Å². The zero-order valence-corrected chi connectivity index (χ0v) is 15.4. The van der Waals surface area contributed by atoms with Crippen molar-refractivity contribution in [3.63, 3.8) is 0 Å². The summed E-state index contributed by atoms with van der Waals surface area (Å²) in [5.41, 5.74) is -0.0191. The van der Waals surface area contributed by atoms with Gasteiger partial charge in [0.25, 0.3) is 0 Å². The van der Waals surface area contributed by atoms with Gasteiger partial charge in [0, 0.05) is 37.5 Å². The lowest BCUT2D eigenvalue weighted by Crippen LogP contribution is -2.56. The highest BCUT2D eigenvalue weighted by atomic mass is 28.4. The Bertz CT molecular complexity index is 254. The van der Waals surface area contributed by atoms with Gasteiger partial charge in [-0.1, -0.05) is 0 Å². The largest absolute Gasteiger partial charge is 0.543 e. The molecule has 1 aliphatic carbocycles. The van der Waals surface area contributed by atoms with Crippen molar-refractivity contribution in [3.05, 3.63) is 0 Å². The molecule has 0 aromatic heterocycles. The summed E-state index contributed by atoms with van der Waals surface area (Å²) in [5.74, 6) is 0. The second-order valence-electron chi connectivity index (χ2n) is 5.12. The second-order valence-corrected chi connectivity index (χ2v) is 11.0. The number of hydrogen-bond acceptors (Lipinski definition) is 4. The molecule has 1 fully saturated rings. The maximum Gasteiger partial charge on any atom is 0.543 e. The van der Waals surface area contributed by atoms with E-state index in [4.69, 9.17) is 17.7 Å². The van der Waals surface area contributed by atoms with Crippen molar-refractivity contribution in [2.75, 3.05) is 26.4 Å². The van der Waals surface area contributed by atoms with Crippen LogP contribution >= 0.6 is 0 Å². The standard InChI is InChI=1S/C13H29FO4Si2/c1-6-15-19(5,16-7-2)12-10-11-13(12)20(14,17-8-3)18-9-4/h12-13H,6-11H2,1-5H3. The predicted molar refractivity (Wildman–Crippen MR) is 81.7 cm³/mol. The third kappa shape index (κ3) is 3.89. The highest BCUT2D eigenvalue weighted by Gasteiger charge is 2.62. The first-order chi connectivity index (χ1) is 9.47. The van der Waals surface area contributed by atoms with E-state index >= 15 is 4.11 Å². The van der Waals surface area contributed by atoms with Gasteiger partial charge in [-0.25, -0.2) is 4.11 Å². The summed E-state index contributed by atoms with van der Waals surface area (Å²) in [7, 11) is -5.98. The molecule has 20 heavy (non-hydrogen) atoms. The first-order valence-electron chi connectivity index (χ1n) is 7.72. The Morgan fingerprint density at radius 3 is 1.50 bits per heavy atom. The Morgan fingerprint density at radius 2 is 1.20 bits per heavy atom. The van der Waals surface area contributed by atoms with Crippen molar-refractivity contribution in [2.45, 2.75) is 58.2 Å². The first kappa shape index (κ1) is 18.3. The number of rotatable bonds is 10. The molecule has 1 aliphatic rings. The van der Waals surface area contributed by atoms with Gasteiger partial charge in [0.1, 0.15) is 0 Å². The summed E-state index contributed by atoms with van der Waals surface area (Å²) in [6, 6.07) is 0. The van der Waals surface area contributed by atoms with Crippen molar-refractivity contribution < 1.29 is 21.8 Å². The third-order valence-corrected chi connectivity index (χ3v) is 11.0. The molecule has 0 saturated heterocycles. The fraction of sp³-hybridized carbons (Fsp3) is 1.00. The lowest BCUT2D eigenvalue weighted by molar-refractivity contribution is 0.102. The molecule has 4 nitrogen and oxygen atoms in total. The Labute approximate surface area is 124 Å². The second kappa shape index (κ2) is 8.00. The lowest BCUT2D eigenvalue weighted by Gasteiger charge is -2.48. The van der Waals surface area contributed by atoms with Gasteiger partial charge in [-0.05, 0) is 47.1 Å². The molecule has 0 radical (unpaired) electrons. The van der Waals surface area contributed by atoms with Crippen LogP contribution in [0.15, 0.2) is 0 Å². The summed E-state index contributed by atoms with van der Waals surface area (Å²) in [6.07, 6.45) is 1.77. The number of hydrogen-bond donors (Lipinski definition) is 0. The first-order valence-corrected chi connectivity index (χ1v) is 11.9. The molecule has 0 spiro atoms. The quantitative estimate of drug-likeness (QED) is 0.454. The predicted octanol–water partition coefficient (Wildman–Crippen LogP) is 3.65. The van der Waals surface area contributed by atoms with E-state index in [0.717, 1.165) is 12.8 Å². The van der Waals surface area contributed by atoms with E-state index in [1.165, 1.54) is 0 Å². The molecule has 120 valence electrons. The van der Waals surface area contributed by atoms with Crippen LogP contribution in [0.4, 0.5) is 4.11 Å². The molecular formula is C13H29FO4Si2. The van der Waals surface area contributed by atoms with Gasteiger partial charge in [0.15, 0.2) is 0 Å². The molecule has 2 unspecified atom stereocenters. The van der Waals surface area contributed by atoms with Crippen molar-refractivity contribution in [3.8, 4) is 0 Å². The minimum absolute atomic E-state index is 0.136. The molecule has 0 bridgehead atoms. The van der Waals surface area contributed by atoms with Crippen LogP contribution in [0, 0.1) is 0 Å². The van der Waals surface area contributed by atoms with E-state index in [2.05, 4.69) is 0 Å². The van der Waals surface area contributed by atoms with Crippen molar-refractivity contribution >= 4 is 17.5 Å². The fourth-order valence-corrected chi connectivity index (χ4v) is 10.2. The Kier molecular flexibility index (Phi) is 7.30. The zero-order valence-electron chi connectivity index (χ0n) is 13.4. The summed E-state index contributed by atoms with van der Waals surface area (Å²) >= 11 is 0. The normalized spacial score (nSPS) is 23.7. The van der Waals surface area contributed by atoms with E-state index in [-0.39, 0.29) is 11.1 Å². The van der Waals surface area contributed by atoms with Gasteiger partial charge in [-0.3, -0.25) is 0 Å². The highest BCUT2D eigenvalue weighted by molar-refractivity contribution is 6.72. The molecule has 0 N–H and O–H groups in total. The van der Waals surface area contributed by atoms with Crippen molar-refractivity contribution in [1.82, 2.24) is 0 Å². The fourth-order valence-electron chi connectivity index (χ4n) is 3.02. The van der Waals surface area contributed by atoms with E-state index in [1.807, 2.05) is 34.2 Å². The Morgan fingerprint density at radius 1 is 0.800 bits per heavy atom. The minimum Gasteiger partial charge on any atom is -0.394 e.